The molecule has 0 amide bonds. The van der Waals surface area contributed by atoms with Crippen molar-refractivity contribution in [2.24, 2.45) is 5.73 Å². The summed E-state index contributed by atoms with van der Waals surface area (Å²) in [5.74, 6) is -2.37. The second-order valence-corrected chi connectivity index (χ2v) is 17.0. The minimum Gasteiger partial charge on any atom is -0.480 e. The molecule has 0 aliphatic heterocycles. The molecule has 12 heteroatoms. The lowest BCUT2D eigenvalue weighted by molar-refractivity contribution is -0.161. The Morgan fingerprint density at radius 2 is 0.893 bits per heavy atom. The van der Waals surface area contributed by atoms with Gasteiger partial charge in [-0.15, -0.1) is 0 Å². The number of rotatable bonds is 43. The molecule has 0 saturated heterocycles. The van der Waals surface area contributed by atoms with Crippen molar-refractivity contribution < 1.29 is 47.5 Å². The van der Waals surface area contributed by atoms with Crippen LogP contribution in [-0.4, -0.2) is 59.9 Å². The third-order valence-corrected chi connectivity index (χ3v) is 11.0. The minimum atomic E-state index is -4.71. The van der Waals surface area contributed by atoms with E-state index in [1.807, 2.05) is 0 Å². The van der Waals surface area contributed by atoms with Crippen LogP contribution in [0.4, 0.5) is 0 Å². The highest BCUT2D eigenvalue weighted by Gasteiger charge is 2.28. The summed E-state index contributed by atoms with van der Waals surface area (Å²) < 4.78 is 32.7. The summed E-state index contributed by atoms with van der Waals surface area (Å²) in [6.07, 6.45) is 39.9. The van der Waals surface area contributed by atoms with Crippen LogP contribution in [0.15, 0.2) is 12.2 Å². The van der Waals surface area contributed by atoms with Gasteiger partial charge in [-0.2, -0.15) is 0 Å². The normalized spacial score (nSPS) is 13.8. The van der Waals surface area contributed by atoms with Crippen LogP contribution >= 0.6 is 7.82 Å². The molecule has 0 aliphatic rings. The molecule has 56 heavy (non-hydrogen) atoms. The average molecular weight is 818 g/mol. The number of carbonyl (C=O) groups excluding carboxylic acids is 2. The molecule has 0 heterocycles. The molecule has 0 aromatic carbocycles. The number of aliphatic carboxylic acids is 1. The second kappa shape index (κ2) is 40.0. The van der Waals surface area contributed by atoms with Gasteiger partial charge < -0.3 is 25.2 Å². The molecule has 0 aromatic heterocycles. The largest absolute Gasteiger partial charge is 0.480 e. The fourth-order valence-electron chi connectivity index (χ4n) is 6.41. The number of phosphoric acid groups is 1. The van der Waals surface area contributed by atoms with Gasteiger partial charge in [0.25, 0.3) is 0 Å². The number of esters is 2. The van der Waals surface area contributed by atoms with Crippen molar-refractivity contribution in [1.82, 2.24) is 0 Å². The Balaban J connectivity index is 4.28. The van der Waals surface area contributed by atoms with E-state index in [9.17, 15) is 23.8 Å². The molecule has 11 nitrogen and oxygen atoms in total. The van der Waals surface area contributed by atoms with Crippen LogP contribution in [0.25, 0.3) is 0 Å². The van der Waals surface area contributed by atoms with Gasteiger partial charge in [0, 0.05) is 12.8 Å². The summed E-state index contributed by atoms with van der Waals surface area (Å²) in [4.78, 5) is 46.0. The topological polar surface area (TPSA) is 172 Å². The quantitative estimate of drug-likeness (QED) is 0.0231. The Bertz CT molecular complexity index is 1010. The first-order valence-corrected chi connectivity index (χ1v) is 24.2. The summed E-state index contributed by atoms with van der Waals surface area (Å²) in [5.41, 5.74) is 5.33. The summed E-state index contributed by atoms with van der Waals surface area (Å²) in [6.45, 7) is 2.81. The van der Waals surface area contributed by atoms with Gasteiger partial charge in [-0.25, -0.2) is 4.57 Å². The van der Waals surface area contributed by atoms with Gasteiger partial charge in [0.1, 0.15) is 12.6 Å². The number of nitrogens with two attached hydrogens (primary N) is 1. The van der Waals surface area contributed by atoms with Crippen LogP contribution in [0.3, 0.4) is 0 Å². The fourth-order valence-corrected chi connectivity index (χ4v) is 7.19. The predicted octanol–water partition coefficient (Wildman–Crippen LogP) is 12.1. The van der Waals surface area contributed by atoms with E-state index < -0.39 is 51.1 Å². The zero-order valence-electron chi connectivity index (χ0n) is 35.7. The van der Waals surface area contributed by atoms with Gasteiger partial charge in [0.05, 0.1) is 13.2 Å². The average Bonchev–Trinajstić information content (AvgIpc) is 3.17. The number of carbonyl (C=O) groups is 3. The van der Waals surface area contributed by atoms with E-state index in [0.717, 1.165) is 57.8 Å². The smallest absolute Gasteiger partial charge is 0.472 e. The Hall–Kier alpha value is -1.78. The molecular weight excluding hydrogens is 733 g/mol. The molecule has 0 fully saturated rings. The van der Waals surface area contributed by atoms with Gasteiger partial charge in [0.2, 0.25) is 0 Å². The third-order valence-electron chi connectivity index (χ3n) is 10.0. The summed E-state index contributed by atoms with van der Waals surface area (Å²) in [6, 6.07) is -1.52. The van der Waals surface area contributed by atoms with E-state index in [4.69, 9.17) is 24.8 Å². The van der Waals surface area contributed by atoms with Gasteiger partial charge in [-0.1, -0.05) is 180 Å². The first kappa shape index (κ1) is 54.2. The summed E-state index contributed by atoms with van der Waals surface area (Å²) in [5, 5.41) is 8.89. The lowest BCUT2D eigenvalue weighted by Gasteiger charge is -2.20. The van der Waals surface area contributed by atoms with Crippen LogP contribution in [-0.2, 0) is 37.5 Å². The highest BCUT2D eigenvalue weighted by Crippen LogP contribution is 2.43. The predicted molar refractivity (Wildman–Crippen MR) is 226 cm³/mol. The Kier molecular flexibility index (Phi) is 38.7. The zero-order valence-corrected chi connectivity index (χ0v) is 36.6. The molecular formula is C44H84NO10P. The van der Waals surface area contributed by atoms with Crippen molar-refractivity contribution in [2.45, 2.75) is 231 Å². The van der Waals surface area contributed by atoms with E-state index in [1.54, 1.807) is 0 Å². The van der Waals surface area contributed by atoms with Crippen molar-refractivity contribution in [3.63, 3.8) is 0 Å². The number of carboxylic acids is 1. The van der Waals surface area contributed by atoms with Crippen LogP contribution in [0.5, 0.6) is 0 Å². The van der Waals surface area contributed by atoms with Crippen molar-refractivity contribution in [2.75, 3.05) is 19.8 Å². The molecule has 0 saturated carbocycles. The van der Waals surface area contributed by atoms with Crippen molar-refractivity contribution in [3.05, 3.63) is 12.2 Å². The molecule has 0 radical (unpaired) electrons. The SMILES string of the molecule is CCCCCC/C=C/CCCCCCCC(=O)OC[C@@H](COP(=O)(O)OC[C@H](N)C(=O)O)OC(=O)CCCCCCCCCCCCCCCCCCCCC. The molecule has 4 N–H and O–H groups in total. The van der Waals surface area contributed by atoms with Crippen molar-refractivity contribution in [1.29, 1.82) is 0 Å². The number of ether oxygens (including phenoxy) is 2. The minimum absolute atomic E-state index is 0.165. The number of carboxylic acid groups (broad SMARTS) is 1. The van der Waals surface area contributed by atoms with Crippen LogP contribution in [0.2, 0.25) is 0 Å². The second-order valence-electron chi connectivity index (χ2n) is 15.5. The lowest BCUT2D eigenvalue weighted by Crippen LogP contribution is -2.34. The zero-order chi connectivity index (χ0) is 41.4. The Labute approximate surface area is 341 Å². The van der Waals surface area contributed by atoms with E-state index in [-0.39, 0.29) is 19.4 Å². The maximum Gasteiger partial charge on any atom is 0.472 e. The van der Waals surface area contributed by atoms with Crippen LogP contribution in [0, 0.1) is 0 Å². The lowest BCUT2D eigenvalue weighted by atomic mass is 10.0. The molecule has 3 atom stereocenters. The Morgan fingerprint density at radius 1 is 0.536 bits per heavy atom. The highest BCUT2D eigenvalue weighted by atomic mass is 31.2. The maximum atomic E-state index is 12.6. The molecule has 0 spiro atoms. The van der Waals surface area contributed by atoms with E-state index in [1.165, 1.54) is 122 Å². The van der Waals surface area contributed by atoms with Crippen LogP contribution in [0.1, 0.15) is 219 Å². The molecule has 0 aliphatic carbocycles. The standard InChI is InChI=1S/C44H84NO10P/c1-3-5-7-9-11-13-15-17-18-19-20-21-22-24-26-28-30-32-34-36-43(47)55-40(38-53-56(50,51)54-39-41(45)44(48)49)37-52-42(46)35-33-31-29-27-25-23-16-14-12-10-8-6-4-2/h14,16,40-41H,3-13,15,17-39,45H2,1-2H3,(H,48,49)(H,50,51)/b16-14+/t40-,41-/m0/s1. The monoisotopic (exact) mass is 818 g/mol. The number of unbranched alkanes of at least 4 members (excludes halogenated alkanes) is 27. The summed E-state index contributed by atoms with van der Waals surface area (Å²) >= 11 is 0. The molecule has 0 rings (SSSR count). The van der Waals surface area contributed by atoms with Gasteiger partial charge in [-0.05, 0) is 38.5 Å². The first-order valence-electron chi connectivity index (χ1n) is 22.7. The summed E-state index contributed by atoms with van der Waals surface area (Å²) in [7, 11) is -4.71. The van der Waals surface area contributed by atoms with Gasteiger partial charge in [-0.3, -0.25) is 23.4 Å². The highest BCUT2D eigenvalue weighted by molar-refractivity contribution is 7.47. The molecule has 1 unspecified atom stereocenters. The number of phosphoric ester groups is 1. The molecule has 0 bridgehead atoms. The van der Waals surface area contributed by atoms with Gasteiger partial charge >= 0.3 is 25.7 Å². The van der Waals surface area contributed by atoms with Crippen molar-refractivity contribution >= 4 is 25.7 Å². The fraction of sp³-hybridized carbons (Fsp3) is 0.886. The van der Waals surface area contributed by atoms with Gasteiger partial charge in [0.15, 0.2) is 6.10 Å². The van der Waals surface area contributed by atoms with E-state index in [0.29, 0.717) is 12.8 Å². The Morgan fingerprint density at radius 3 is 1.32 bits per heavy atom. The van der Waals surface area contributed by atoms with E-state index >= 15 is 0 Å². The molecule has 330 valence electrons. The maximum absolute atomic E-state index is 12.6. The molecule has 0 aromatic rings. The number of allylic oxidation sites excluding steroid dienone is 2. The van der Waals surface area contributed by atoms with Crippen molar-refractivity contribution in [3.8, 4) is 0 Å². The number of hydrogen-bond donors (Lipinski definition) is 3. The first-order chi connectivity index (χ1) is 27.1. The van der Waals surface area contributed by atoms with Crippen LogP contribution < -0.4 is 5.73 Å². The number of hydrogen-bond acceptors (Lipinski definition) is 9. The third kappa shape index (κ3) is 39.1. The van der Waals surface area contributed by atoms with E-state index in [2.05, 4.69) is 30.5 Å².